The van der Waals surface area contributed by atoms with Gasteiger partial charge >= 0.3 is 5.97 Å². The van der Waals surface area contributed by atoms with Crippen molar-refractivity contribution >= 4 is 21.9 Å². The molecule has 0 bridgehead atoms. The van der Waals surface area contributed by atoms with Crippen LogP contribution < -0.4 is 10.0 Å². The van der Waals surface area contributed by atoms with Crippen molar-refractivity contribution in [2.45, 2.75) is 57.0 Å². The Hall–Kier alpha value is -1.93. The zero-order valence-corrected chi connectivity index (χ0v) is 16.1. The minimum absolute atomic E-state index is 0.0744. The second-order valence-electron chi connectivity index (χ2n) is 6.72. The second-order valence-corrected chi connectivity index (χ2v) is 8.44. The summed E-state index contributed by atoms with van der Waals surface area (Å²) in [7, 11) is -3.62. The summed E-state index contributed by atoms with van der Waals surface area (Å²) in [5.74, 6) is -0.485. The summed E-state index contributed by atoms with van der Waals surface area (Å²) in [6.45, 7) is 5.24. The zero-order chi connectivity index (χ0) is 19.3. The predicted octanol–water partition coefficient (Wildman–Crippen LogP) is 1.83. The smallest absolute Gasteiger partial charge is 0.338 e. The average molecular weight is 382 g/mol. The summed E-state index contributed by atoms with van der Waals surface area (Å²) >= 11 is 0. The lowest BCUT2D eigenvalue weighted by Gasteiger charge is -2.13. The molecule has 1 aromatic carbocycles. The Bertz CT molecular complexity index is 741. The van der Waals surface area contributed by atoms with Crippen molar-refractivity contribution in [3.05, 3.63) is 29.8 Å². The average Bonchev–Trinajstić information content (AvgIpc) is 3.44. The Kier molecular flexibility index (Phi) is 6.77. The summed E-state index contributed by atoms with van der Waals surface area (Å²) in [4.78, 5) is 23.8. The third-order valence-electron chi connectivity index (χ3n) is 4.42. The Labute approximate surface area is 154 Å². The first kappa shape index (κ1) is 20.4. The number of carbonyl (C=O) groups is 2. The van der Waals surface area contributed by atoms with E-state index in [1.165, 1.54) is 24.3 Å². The zero-order valence-electron chi connectivity index (χ0n) is 15.3. The molecule has 26 heavy (non-hydrogen) atoms. The highest BCUT2D eigenvalue weighted by Crippen LogP contribution is 2.32. The fourth-order valence-electron chi connectivity index (χ4n) is 2.41. The molecule has 1 amide bonds. The van der Waals surface area contributed by atoms with Crippen molar-refractivity contribution in [3.8, 4) is 0 Å². The van der Waals surface area contributed by atoms with Gasteiger partial charge in [-0.25, -0.2) is 17.9 Å². The van der Waals surface area contributed by atoms with E-state index in [-0.39, 0.29) is 35.1 Å². The first-order chi connectivity index (χ1) is 12.2. The summed E-state index contributed by atoms with van der Waals surface area (Å²) in [6, 6.07) is 5.34. The van der Waals surface area contributed by atoms with Gasteiger partial charge in [0.1, 0.15) is 0 Å². The van der Waals surface area contributed by atoms with Crippen LogP contribution in [-0.4, -0.2) is 39.0 Å². The molecule has 0 heterocycles. The molecule has 0 unspecified atom stereocenters. The van der Waals surface area contributed by atoms with Gasteiger partial charge in [0.05, 0.1) is 10.5 Å². The summed E-state index contributed by atoms with van der Waals surface area (Å²) in [5, 5.41) is 2.80. The van der Waals surface area contributed by atoms with Gasteiger partial charge in [-0.05, 0) is 63.3 Å². The maximum absolute atomic E-state index is 12.2. The quantitative estimate of drug-likeness (QED) is 0.635. The Morgan fingerprint density at radius 1 is 1.19 bits per heavy atom. The standard InChI is InChI=1S/C18H26N2O5S/c1-4-12(2)20-26(23,24)16-9-7-15(8-10-16)18(22)25-11-17(21)19-13(3)14-5-6-14/h7-10,12-14,20H,4-6,11H2,1-3H3,(H,19,21)/t12-,13-/m1/s1. The van der Waals surface area contributed by atoms with E-state index in [4.69, 9.17) is 4.74 Å². The number of rotatable bonds is 9. The molecule has 0 spiro atoms. The number of carbonyl (C=O) groups excluding carboxylic acids is 2. The Morgan fingerprint density at radius 2 is 1.81 bits per heavy atom. The number of sulfonamides is 1. The molecule has 7 nitrogen and oxygen atoms in total. The van der Waals surface area contributed by atoms with Crippen molar-refractivity contribution in [1.29, 1.82) is 0 Å². The second kappa shape index (κ2) is 8.64. The van der Waals surface area contributed by atoms with Gasteiger partial charge in [-0.1, -0.05) is 6.92 Å². The van der Waals surface area contributed by atoms with Crippen LogP contribution in [0.3, 0.4) is 0 Å². The first-order valence-electron chi connectivity index (χ1n) is 8.81. The van der Waals surface area contributed by atoms with E-state index < -0.39 is 16.0 Å². The van der Waals surface area contributed by atoms with Crippen LogP contribution in [0.2, 0.25) is 0 Å². The summed E-state index contributed by atoms with van der Waals surface area (Å²) in [5.41, 5.74) is 0.190. The van der Waals surface area contributed by atoms with Crippen molar-refractivity contribution in [1.82, 2.24) is 10.0 Å². The Morgan fingerprint density at radius 3 is 2.35 bits per heavy atom. The number of nitrogens with one attached hydrogen (secondary N) is 2. The highest BCUT2D eigenvalue weighted by Gasteiger charge is 2.29. The lowest BCUT2D eigenvalue weighted by Crippen LogP contribution is -2.37. The Balaban J connectivity index is 1.88. The number of hydrogen-bond donors (Lipinski definition) is 2. The van der Waals surface area contributed by atoms with Crippen molar-refractivity contribution in [2.24, 2.45) is 5.92 Å². The van der Waals surface area contributed by atoms with Crippen molar-refractivity contribution < 1.29 is 22.7 Å². The van der Waals surface area contributed by atoms with Crippen LogP contribution >= 0.6 is 0 Å². The van der Waals surface area contributed by atoms with Crippen molar-refractivity contribution in [2.75, 3.05) is 6.61 Å². The maximum Gasteiger partial charge on any atom is 0.338 e. The maximum atomic E-state index is 12.2. The molecular formula is C18H26N2O5S. The normalized spacial score (nSPS) is 16.6. The van der Waals surface area contributed by atoms with E-state index in [1.54, 1.807) is 6.92 Å². The van der Waals surface area contributed by atoms with Gasteiger partial charge in [-0.2, -0.15) is 0 Å². The largest absolute Gasteiger partial charge is 0.452 e. The van der Waals surface area contributed by atoms with Crippen LogP contribution in [0.5, 0.6) is 0 Å². The highest BCUT2D eigenvalue weighted by atomic mass is 32.2. The van der Waals surface area contributed by atoms with Gasteiger partial charge in [0.25, 0.3) is 5.91 Å². The third-order valence-corrected chi connectivity index (χ3v) is 6.03. The summed E-state index contributed by atoms with van der Waals surface area (Å²) in [6.07, 6.45) is 2.90. The molecule has 1 aromatic rings. The topological polar surface area (TPSA) is 102 Å². The van der Waals surface area contributed by atoms with Gasteiger partial charge < -0.3 is 10.1 Å². The minimum atomic E-state index is -3.62. The highest BCUT2D eigenvalue weighted by molar-refractivity contribution is 7.89. The van der Waals surface area contributed by atoms with Gasteiger partial charge in [0.2, 0.25) is 10.0 Å². The van der Waals surface area contributed by atoms with Gasteiger partial charge in [-0.15, -0.1) is 0 Å². The molecule has 0 aliphatic heterocycles. The molecule has 2 rings (SSSR count). The fraction of sp³-hybridized carbons (Fsp3) is 0.556. The van der Waals surface area contributed by atoms with E-state index in [0.717, 1.165) is 12.8 Å². The number of esters is 1. The fourth-order valence-corrected chi connectivity index (χ4v) is 3.74. The number of benzene rings is 1. The van der Waals surface area contributed by atoms with Crippen LogP contribution in [-0.2, 0) is 19.6 Å². The first-order valence-corrected chi connectivity index (χ1v) is 10.3. The minimum Gasteiger partial charge on any atom is -0.452 e. The van der Waals surface area contributed by atoms with Gasteiger partial charge in [-0.3, -0.25) is 4.79 Å². The molecule has 144 valence electrons. The molecule has 0 aromatic heterocycles. The van der Waals surface area contributed by atoms with E-state index in [9.17, 15) is 18.0 Å². The third kappa shape index (κ3) is 5.81. The van der Waals surface area contributed by atoms with Crippen LogP contribution in [0.15, 0.2) is 29.2 Å². The van der Waals surface area contributed by atoms with E-state index in [1.807, 2.05) is 13.8 Å². The number of hydrogen-bond acceptors (Lipinski definition) is 5. The van der Waals surface area contributed by atoms with Gasteiger partial charge in [0, 0.05) is 12.1 Å². The summed E-state index contributed by atoms with van der Waals surface area (Å²) < 4.78 is 31.9. The number of ether oxygens (including phenoxy) is 1. The lowest BCUT2D eigenvalue weighted by molar-refractivity contribution is -0.124. The molecule has 1 aliphatic rings. The van der Waals surface area contributed by atoms with E-state index in [0.29, 0.717) is 12.3 Å². The molecular weight excluding hydrogens is 356 g/mol. The SMILES string of the molecule is CC[C@@H](C)NS(=O)(=O)c1ccc(C(=O)OCC(=O)N[C@H](C)C2CC2)cc1. The number of amides is 1. The monoisotopic (exact) mass is 382 g/mol. The lowest BCUT2D eigenvalue weighted by atomic mass is 10.2. The van der Waals surface area contributed by atoms with Crippen LogP contribution in [0.25, 0.3) is 0 Å². The molecule has 0 saturated heterocycles. The molecule has 2 atom stereocenters. The molecule has 1 saturated carbocycles. The molecule has 8 heteroatoms. The van der Waals surface area contributed by atoms with Crippen molar-refractivity contribution in [3.63, 3.8) is 0 Å². The molecule has 2 N–H and O–H groups in total. The van der Waals surface area contributed by atoms with E-state index in [2.05, 4.69) is 10.0 Å². The van der Waals surface area contributed by atoms with Crippen LogP contribution in [0.1, 0.15) is 50.4 Å². The van der Waals surface area contributed by atoms with Crippen LogP contribution in [0.4, 0.5) is 0 Å². The van der Waals surface area contributed by atoms with E-state index >= 15 is 0 Å². The predicted molar refractivity (Wildman–Crippen MR) is 97.1 cm³/mol. The molecule has 1 fully saturated rings. The molecule has 1 aliphatic carbocycles. The van der Waals surface area contributed by atoms with Gasteiger partial charge in [0.15, 0.2) is 6.61 Å². The molecule has 0 radical (unpaired) electrons. The van der Waals surface area contributed by atoms with Crippen LogP contribution in [0, 0.1) is 5.92 Å².